The first-order chi connectivity index (χ1) is 10.6. The van der Waals surface area contributed by atoms with Gasteiger partial charge in [0.15, 0.2) is 0 Å². The average molecular weight is 305 g/mol. The van der Waals surface area contributed by atoms with Crippen molar-refractivity contribution >= 4 is 11.7 Å². The third-order valence-corrected chi connectivity index (χ3v) is 4.75. The molecule has 2 aliphatic heterocycles. The molecule has 0 spiro atoms. The van der Waals surface area contributed by atoms with Gasteiger partial charge in [-0.3, -0.25) is 4.90 Å². The fourth-order valence-electron chi connectivity index (χ4n) is 3.47. The molecule has 0 bridgehead atoms. The summed E-state index contributed by atoms with van der Waals surface area (Å²) in [6, 6.07) is 5.11. The lowest BCUT2D eigenvalue weighted by atomic mass is 10.0. The SMILES string of the molecule is Cc1cc(NC(=O)N2CCCC(N3CCCC3)C2)ccc1F. The van der Waals surface area contributed by atoms with Crippen LogP contribution in [-0.4, -0.2) is 48.1 Å². The molecule has 2 heterocycles. The fraction of sp³-hybridized carbons (Fsp3) is 0.588. The zero-order valence-corrected chi connectivity index (χ0v) is 13.1. The smallest absolute Gasteiger partial charge is 0.321 e. The minimum atomic E-state index is -0.245. The number of aryl methyl sites for hydroxylation is 1. The number of halogens is 1. The summed E-state index contributed by atoms with van der Waals surface area (Å²) in [4.78, 5) is 16.8. The molecule has 0 aliphatic carbocycles. The van der Waals surface area contributed by atoms with Crippen molar-refractivity contribution in [1.29, 1.82) is 0 Å². The molecule has 2 amide bonds. The van der Waals surface area contributed by atoms with Gasteiger partial charge in [-0.1, -0.05) is 0 Å². The maximum Gasteiger partial charge on any atom is 0.321 e. The van der Waals surface area contributed by atoms with Gasteiger partial charge in [-0.15, -0.1) is 0 Å². The number of carbonyl (C=O) groups is 1. The van der Waals surface area contributed by atoms with Crippen molar-refractivity contribution in [3.63, 3.8) is 0 Å². The quantitative estimate of drug-likeness (QED) is 0.910. The van der Waals surface area contributed by atoms with E-state index in [1.54, 1.807) is 19.1 Å². The molecule has 5 heteroatoms. The van der Waals surface area contributed by atoms with Crippen molar-refractivity contribution in [3.8, 4) is 0 Å². The van der Waals surface area contributed by atoms with Crippen molar-refractivity contribution in [1.82, 2.24) is 9.80 Å². The Hall–Kier alpha value is -1.62. The Morgan fingerprint density at radius 1 is 1.23 bits per heavy atom. The molecule has 1 unspecified atom stereocenters. The largest absolute Gasteiger partial charge is 0.323 e. The Balaban J connectivity index is 1.60. The molecule has 1 aromatic rings. The first kappa shape index (κ1) is 15.3. The van der Waals surface area contributed by atoms with Crippen LogP contribution in [0.5, 0.6) is 0 Å². The van der Waals surface area contributed by atoms with E-state index in [1.165, 1.54) is 25.3 Å². The van der Waals surface area contributed by atoms with E-state index in [4.69, 9.17) is 0 Å². The van der Waals surface area contributed by atoms with E-state index in [1.807, 2.05) is 4.90 Å². The van der Waals surface area contributed by atoms with E-state index in [0.717, 1.165) is 32.6 Å². The number of nitrogens with one attached hydrogen (secondary N) is 1. The van der Waals surface area contributed by atoms with Crippen LogP contribution >= 0.6 is 0 Å². The molecule has 3 rings (SSSR count). The molecule has 22 heavy (non-hydrogen) atoms. The van der Waals surface area contributed by atoms with Crippen LogP contribution < -0.4 is 5.32 Å². The maximum atomic E-state index is 13.3. The average Bonchev–Trinajstić information content (AvgIpc) is 3.05. The van der Waals surface area contributed by atoms with E-state index in [-0.39, 0.29) is 11.8 Å². The van der Waals surface area contributed by atoms with Gasteiger partial charge in [0, 0.05) is 24.8 Å². The second kappa shape index (κ2) is 6.65. The van der Waals surface area contributed by atoms with Crippen molar-refractivity contribution in [2.24, 2.45) is 0 Å². The van der Waals surface area contributed by atoms with Gasteiger partial charge in [0.1, 0.15) is 5.82 Å². The van der Waals surface area contributed by atoms with Gasteiger partial charge in [-0.2, -0.15) is 0 Å². The summed E-state index contributed by atoms with van der Waals surface area (Å²) >= 11 is 0. The van der Waals surface area contributed by atoms with Gasteiger partial charge in [0.05, 0.1) is 0 Å². The highest BCUT2D eigenvalue weighted by Crippen LogP contribution is 2.21. The van der Waals surface area contributed by atoms with E-state index in [9.17, 15) is 9.18 Å². The van der Waals surface area contributed by atoms with Crippen LogP contribution in [0.15, 0.2) is 18.2 Å². The van der Waals surface area contributed by atoms with Crippen molar-refractivity contribution in [2.45, 2.75) is 38.6 Å². The van der Waals surface area contributed by atoms with Crippen LogP contribution in [0.4, 0.5) is 14.9 Å². The van der Waals surface area contributed by atoms with Gasteiger partial charge in [0.25, 0.3) is 0 Å². The summed E-state index contributed by atoms with van der Waals surface area (Å²) in [5.74, 6) is -0.245. The molecule has 1 aromatic carbocycles. The van der Waals surface area contributed by atoms with Gasteiger partial charge in [-0.05, 0) is 69.5 Å². The molecule has 2 saturated heterocycles. The molecular formula is C17H24FN3O. The Kier molecular flexibility index (Phi) is 4.62. The number of carbonyl (C=O) groups excluding carboxylic acids is 1. The van der Waals surface area contributed by atoms with Crippen molar-refractivity contribution in [2.75, 3.05) is 31.5 Å². The van der Waals surface area contributed by atoms with E-state index < -0.39 is 0 Å². The van der Waals surface area contributed by atoms with Crippen LogP contribution in [0.2, 0.25) is 0 Å². The molecule has 0 aromatic heterocycles. The number of anilines is 1. The minimum absolute atomic E-state index is 0.0742. The number of hydrogen-bond donors (Lipinski definition) is 1. The van der Waals surface area contributed by atoms with Crippen LogP contribution in [-0.2, 0) is 0 Å². The molecule has 0 radical (unpaired) electrons. The number of hydrogen-bond acceptors (Lipinski definition) is 2. The van der Waals surface area contributed by atoms with Gasteiger partial charge < -0.3 is 10.2 Å². The first-order valence-electron chi connectivity index (χ1n) is 8.19. The molecule has 2 aliphatic rings. The molecule has 2 fully saturated rings. The Morgan fingerprint density at radius 2 is 2.00 bits per heavy atom. The zero-order chi connectivity index (χ0) is 15.5. The minimum Gasteiger partial charge on any atom is -0.323 e. The highest BCUT2D eigenvalue weighted by Gasteiger charge is 2.29. The number of piperidine rings is 1. The highest BCUT2D eigenvalue weighted by atomic mass is 19.1. The van der Waals surface area contributed by atoms with Crippen molar-refractivity contribution < 1.29 is 9.18 Å². The third kappa shape index (κ3) is 3.40. The summed E-state index contributed by atoms with van der Waals surface area (Å²) in [5, 5.41) is 2.89. The molecule has 1 atom stereocenters. The third-order valence-electron chi connectivity index (χ3n) is 4.75. The second-order valence-corrected chi connectivity index (χ2v) is 6.38. The normalized spacial score (nSPS) is 22.8. The lowest BCUT2D eigenvalue weighted by Gasteiger charge is -2.37. The van der Waals surface area contributed by atoms with Crippen LogP contribution in [0, 0.1) is 12.7 Å². The topological polar surface area (TPSA) is 35.6 Å². The fourth-order valence-corrected chi connectivity index (χ4v) is 3.47. The predicted molar refractivity (Wildman–Crippen MR) is 85.6 cm³/mol. The lowest BCUT2D eigenvalue weighted by Crippen LogP contribution is -2.50. The predicted octanol–water partition coefficient (Wildman–Crippen LogP) is 3.23. The lowest BCUT2D eigenvalue weighted by molar-refractivity contribution is 0.132. The Labute approximate surface area is 131 Å². The number of benzene rings is 1. The Morgan fingerprint density at radius 3 is 2.73 bits per heavy atom. The summed E-state index contributed by atoms with van der Waals surface area (Å²) in [7, 11) is 0. The van der Waals surface area contributed by atoms with E-state index >= 15 is 0 Å². The molecular weight excluding hydrogens is 281 g/mol. The maximum absolute atomic E-state index is 13.3. The molecule has 1 N–H and O–H groups in total. The summed E-state index contributed by atoms with van der Waals surface area (Å²) < 4.78 is 13.3. The van der Waals surface area contributed by atoms with Gasteiger partial charge in [-0.25, -0.2) is 9.18 Å². The highest BCUT2D eigenvalue weighted by molar-refractivity contribution is 5.89. The van der Waals surface area contributed by atoms with Gasteiger partial charge >= 0.3 is 6.03 Å². The number of amides is 2. The van der Waals surface area contributed by atoms with Crippen LogP contribution in [0.25, 0.3) is 0 Å². The first-order valence-corrected chi connectivity index (χ1v) is 8.19. The monoisotopic (exact) mass is 305 g/mol. The van der Waals surface area contributed by atoms with Crippen LogP contribution in [0.3, 0.4) is 0 Å². The van der Waals surface area contributed by atoms with E-state index in [0.29, 0.717) is 17.3 Å². The molecule has 0 saturated carbocycles. The van der Waals surface area contributed by atoms with E-state index in [2.05, 4.69) is 10.2 Å². The summed E-state index contributed by atoms with van der Waals surface area (Å²) in [5.41, 5.74) is 1.21. The van der Waals surface area contributed by atoms with Gasteiger partial charge in [0.2, 0.25) is 0 Å². The zero-order valence-electron chi connectivity index (χ0n) is 13.1. The van der Waals surface area contributed by atoms with Crippen molar-refractivity contribution in [3.05, 3.63) is 29.6 Å². The summed E-state index contributed by atoms with van der Waals surface area (Å²) in [6.07, 6.45) is 4.78. The number of urea groups is 1. The Bertz CT molecular complexity index is 543. The number of nitrogens with zero attached hydrogens (tertiary/aromatic N) is 2. The molecule has 120 valence electrons. The number of rotatable bonds is 2. The number of likely N-dealkylation sites (tertiary alicyclic amines) is 2. The summed E-state index contributed by atoms with van der Waals surface area (Å²) in [6.45, 7) is 5.63. The molecule has 4 nitrogen and oxygen atoms in total. The van der Waals surface area contributed by atoms with Crippen LogP contribution in [0.1, 0.15) is 31.2 Å². The standard InChI is InChI=1S/C17H24FN3O/c1-13-11-14(6-7-16(13)18)19-17(22)21-10-4-5-15(12-21)20-8-2-3-9-20/h6-7,11,15H,2-5,8-10,12H2,1H3,(H,19,22). The second-order valence-electron chi connectivity index (χ2n) is 6.38.